The summed E-state index contributed by atoms with van der Waals surface area (Å²) in [5, 5.41) is 11.7. The fourth-order valence-corrected chi connectivity index (χ4v) is 4.98. The maximum atomic E-state index is 13.5. The van der Waals surface area contributed by atoms with Gasteiger partial charge in [0.15, 0.2) is 0 Å². The van der Waals surface area contributed by atoms with E-state index >= 15 is 0 Å². The molecule has 0 bridgehead atoms. The van der Waals surface area contributed by atoms with Crippen molar-refractivity contribution >= 4 is 23.5 Å². The van der Waals surface area contributed by atoms with Crippen molar-refractivity contribution in [3.8, 4) is 0 Å². The molecular formula is C14H19FOS2. The van der Waals surface area contributed by atoms with Gasteiger partial charge in [0.25, 0.3) is 0 Å². The minimum atomic E-state index is -0.576. The summed E-state index contributed by atoms with van der Waals surface area (Å²) in [6.45, 7) is 6.15. The average molecular weight is 286 g/mol. The van der Waals surface area contributed by atoms with Crippen LogP contribution in [0.25, 0.3) is 0 Å². The summed E-state index contributed by atoms with van der Waals surface area (Å²) >= 11 is 3.70. The van der Waals surface area contributed by atoms with Gasteiger partial charge in [-0.25, -0.2) is 4.39 Å². The van der Waals surface area contributed by atoms with E-state index < -0.39 is 6.10 Å². The highest BCUT2D eigenvalue weighted by atomic mass is 32.2. The number of benzene rings is 1. The zero-order valence-electron chi connectivity index (χ0n) is 10.9. The standard InChI is InChI=1S/C14H19FOS2/c1-8-4-5-11(6-12(8)15)14(16)13-7-17-9(2)10(3)18-13/h4-6,9-10,13-14,16H,7H2,1-3H3. The molecule has 0 amide bonds. The zero-order valence-corrected chi connectivity index (χ0v) is 12.5. The average Bonchev–Trinajstić information content (AvgIpc) is 2.35. The summed E-state index contributed by atoms with van der Waals surface area (Å²) in [6.07, 6.45) is -0.576. The molecule has 1 aromatic carbocycles. The van der Waals surface area contributed by atoms with E-state index in [0.29, 0.717) is 21.6 Å². The van der Waals surface area contributed by atoms with E-state index in [9.17, 15) is 9.50 Å². The van der Waals surface area contributed by atoms with E-state index in [4.69, 9.17) is 0 Å². The molecule has 1 aliphatic rings. The van der Waals surface area contributed by atoms with Gasteiger partial charge in [-0.15, -0.1) is 0 Å². The molecule has 0 saturated carbocycles. The predicted molar refractivity (Wildman–Crippen MR) is 78.9 cm³/mol. The quantitative estimate of drug-likeness (QED) is 0.893. The second kappa shape index (κ2) is 5.85. The van der Waals surface area contributed by atoms with Crippen LogP contribution in [0.15, 0.2) is 18.2 Å². The molecule has 1 N–H and O–H groups in total. The summed E-state index contributed by atoms with van der Waals surface area (Å²) in [5.74, 6) is 0.689. The lowest BCUT2D eigenvalue weighted by Gasteiger charge is -2.34. The first-order chi connectivity index (χ1) is 8.49. The van der Waals surface area contributed by atoms with Crippen LogP contribution in [0.4, 0.5) is 4.39 Å². The second-order valence-electron chi connectivity index (χ2n) is 4.87. The van der Waals surface area contributed by atoms with E-state index in [2.05, 4.69) is 13.8 Å². The van der Waals surface area contributed by atoms with Crippen LogP contribution in [-0.4, -0.2) is 26.6 Å². The molecule has 1 aromatic rings. The maximum absolute atomic E-state index is 13.5. The van der Waals surface area contributed by atoms with Crippen LogP contribution in [0.5, 0.6) is 0 Å². The first-order valence-electron chi connectivity index (χ1n) is 6.20. The van der Waals surface area contributed by atoms with Crippen LogP contribution in [-0.2, 0) is 0 Å². The van der Waals surface area contributed by atoms with Crippen molar-refractivity contribution in [2.45, 2.75) is 42.6 Å². The summed E-state index contributed by atoms with van der Waals surface area (Å²) in [5.41, 5.74) is 1.32. The lowest BCUT2D eigenvalue weighted by Crippen LogP contribution is -2.30. The summed E-state index contributed by atoms with van der Waals surface area (Å²) in [6, 6.07) is 5.03. The molecule has 1 nitrogen and oxygen atoms in total. The third kappa shape index (κ3) is 3.03. The molecule has 2 rings (SSSR count). The van der Waals surface area contributed by atoms with Crippen molar-refractivity contribution in [1.29, 1.82) is 0 Å². The van der Waals surface area contributed by atoms with Crippen molar-refractivity contribution in [2.75, 3.05) is 5.75 Å². The molecule has 100 valence electrons. The zero-order chi connectivity index (χ0) is 13.3. The number of aliphatic hydroxyl groups is 1. The molecule has 0 aromatic heterocycles. The van der Waals surface area contributed by atoms with Gasteiger partial charge in [0, 0.05) is 21.5 Å². The van der Waals surface area contributed by atoms with Crippen molar-refractivity contribution in [3.05, 3.63) is 35.1 Å². The SMILES string of the molecule is Cc1ccc(C(O)C2CSC(C)C(C)S2)cc1F. The van der Waals surface area contributed by atoms with Crippen LogP contribution in [0.3, 0.4) is 0 Å². The van der Waals surface area contributed by atoms with Crippen molar-refractivity contribution in [3.63, 3.8) is 0 Å². The van der Waals surface area contributed by atoms with Gasteiger partial charge in [-0.3, -0.25) is 0 Å². The molecule has 1 fully saturated rings. The van der Waals surface area contributed by atoms with Crippen molar-refractivity contribution < 1.29 is 9.50 Å². The number of rotatable bonds is 2. The van der Waals surface area contributed by atoms with Crippen molar-refractivity contribution in [2.24, 2.45) is 0 Å². The minimum Gasteiger partial charge on any atom is -0.387 e. The molecule has 18 heavy (non-hydrogen) atoms. The third-order valence-electron chi connectivity index (χ3n) is 3.46. The van der Waals surface area contributed by atoms with E-state index in [-0.39, 0.29) is 11.1 Å². The number of hydrogen-bond donors (Lipinski definition) is 1. The fourth-order valence-electron chi connectivity index (χ4n) is 1.98. The molecule has 1 heterocycles. The monoisotopic (exact) mass is 286 g/mol. The Bertz CT molecular complexity index is 424. The van der Waals surface area contributed by atoms with Crippen LogP contribution >= 0.6 is 23.5 Å². The summed E-state index contributed by atoms with van der Waals surface area (Å²) in [7, 11) is 0. The lowest BCUT2D eigenvalue weighted by atomic mass is 10.0. The van der Waals surface area contributed by atoms with Crippen LogP contribution < -0.4 is 0 Å². The number of hydrogen-bond acceptors (Lipinski definition) is 3. The van der Waals surface area contributed by atoms with Crippen LogP contribution in [0.1, 0.15) is 31.1 Å². The normalized spacial score (nSPS) is 30.2. The van der Waals surface area contributed by atoms with Gasteiger partial charge in [-0.1, -0.05) is 26.0 Å². The largest absolute Gasteiger partial charge is 0.387 e. The van der Waals surface area contributed by atoms with Crippen LogP contribution in [0.2, 0.25) is 0 Å². The fraction of sp³-hybridized carbons (Fsp3) is 0.571. The molecule has 1 saturated heterocycles. The van der Waals surface area contributed by atoms with Crippen molar-refractivity contribution in [1.82, 2.24) is 0 Å². The van der Waals surface area contributed by atoms with E-state index in [1.54, 1.807) is 13.0 Å². The van der Waals surface area contributed by atoms with E-state index in [0.717, 1.165) is 5.75 Å². The first kappa shape index (κ1) is 14.2. The molecule has 4 atom stereocenters. The maximum Gasteiger partial charge on any atom is 0.126 e. The van der Waals surface area contributed by atoms with Gasteiger partial charge in [0.05, 0.1) is 6.10 Å². The Kier molecular flexibility index (Phi) is 4.62. The summed E-state index contributed by atoms with van der Waals surface area (Å²) in [4.78, 5) is 0. The lowest BCUT2D eigenvalue weighted by molar-refractivity contribution is 0.179. The van der Waals surface area contributed by atoms with E-state index in [1.807, 2.05) is 29.6 Å². The number of aliphatic hydroxyl groups excluding tert-OH is 1. The molecule has 0 radical (unpaired) electrons. The molecular weight excluding hydrogens is 267 g/mol. The number of halogens is 1. The highest BCUT2D eigenvalue weighted by Gasteiger charge is 2.31. The van der Waals surface area contributed by atoms with Gasteiger partial charge in [0.1, 0.15) is 5.82 Å². The van der Waals surface area contributed by atoms with Gasteiger partial charge in [-0.2, -0.15) is 23.5 Å². The second-order valence-corrected chi connectivity index (χ2v) is 7.90. The molecule has 4 heteroatoms. The predicted octanol–water partition coefficient (Wildman–Crippen LogP) is 3.79. The Morgan fingerprint density at radius 2 is 2.06 bits per heavy atom. The van der Waals surface area contributed by atoms with Gasteiger partial charge in [-0.05, 0) is 24.1 Å². The topological polar surface area (TPSA) is 20.2 Å². The Labute approximate surface area is 117 Å². The molecule has 1 aliphatic heterocycles. The highest BCUT2D eigenvalue weighted by Crippen LogP contribution is 2.41. The number of thioether (sulfide) groups is 2. The van der Waals surface area contributed by atoms with Gasteiger partial charge >= 0.3 is 0 Å². The van der Waals surface area contributed by atoms with Gasteiger partial charge in [0.2, 0.25) is 0 Å². The minimum absolute atomic E-state index is 0.156. The Balaban J connectivity index is 2.11. The van der Waals surface area contributed by atoms with E-state index in [1.165, 1.54) is 6.07 Å². The third-order valence-corrected chi connectivity index (χ3v) is 6.94. The smallest absolute Gasteiger partial charge is 0.126 e. The highest BCUT2D eigenvalue weighted by molar-refractivity contribution is 8.07. The molecule has 4 unspecified atom stereocenters. The Morgan fingerprint density at radius 3 is 2.67 bits per heavy atom. The van der Waals surface area contributed by atoms with Gasteiger partial charge < -0.3 is 5.11 Å². The summed E-state index contributed by atoms with van der Waals surface area (Å²) < 4.78 is 13.5. The number of aryl methyl sites for hydroxylation is 1. The van der Waals surface area contributed by atoms with Crippen LogP contribution in [0, 0.1) is 12.7 Å². The molecule has 0 spiro atoms. The Hall–Kier alpha value is -0.190. The first-order valence-corrected chi connectivity index (χ1v) is 8.19. The Morgan fingerprint density at radius 1 is 1.33 bits per heavy atom. The molecule has 0 aliphatic carbocycles.